The maximum Gasteiger partial charge on any atom is 0.272 e. The van der Waals surface area contributed by atoms with Gasteiger partial charge in [0.15, 0.2) is 0 Å². The highest BCUT2D eigenvalue weighted by Crippen LogP contribution is 2.02. The van der Waals surface area contributed by atoms with Gasteiger partial charge in [-0.15, -0.1) is 0 Å². The van der Waals surface area contributed by atoms with Crippen LogP contribution in [0.3, 0.4) is 0 Å². The Bertz CT molecular complexity index is 338. The summed E-state index contributed by atoms with van der Waals surface area (Å²) in [7, 11) is 3.63. The first-order valence-corrected chi connectivity index (χ1v) is 5.05. The molecule has 0 aliphatic rings. The number of nitrogens with one attached hydrogen (secondary N) is 1. The monoisotopic (exact) mass is 207 g/mol. The van der Waals surface area contributed by atoms with Gasteiger partial charge in [-0.3, -0.25) is 4.79 Å². The molecule has 0 bridgehead atoms. The molecule has 0 aliphatic heterocycles. The van der Waals surface area contributed by atoms with Gasteiger partial charge in [0.05, 0.1) is 5.69 Å². The lowest BCUT2D eigenvalue weighted by Crippen LogP contribution is -2.27. The summed E-state index contributed by atoms with van der Waals surface area (Å²) in [6, 6.07) is 5.50. The van der Waals surface area contributed by atoms with Crippen LogP contribution in [0, 0.1) is 0 Å². The van der Waals surface area contributed by atoms with Gasteiger partial charge in [-0.1, -0.05) is 6.07 Å². The molecule has 0 spiro atoms. The maximum absolute atomic E-state index is 11.8. The Morgan fingerprint density at radius 3 is 2.87 bits per heavy atom. The normalized spacial score (nSPS) is 10.1. The summed E-state index contributed by atoms with van der Waals surface area (Å²) >= 11 is 0. The standard InChI is InChI=1S/C11H17N3O/c1-4-14(3)11(15)10-7-5-6-9(13-10)8-12-2/h5-7,12H,4,8H2,1-3H3. The molecule has 1 amide bonds. The quantitative estimate of drug-likeness (QED) is 0.797. The van der Waals surface area contributed by atoms with Crippen molar-refractivity contribution in [1.29, 1.82) is 0 Å². The molecule has 0 unspecified atom stereocenters. The van der Waals surface area contributed by atoms with Crippen LogP contribution in [0.5, 0.6) is 0 Å². The number of nitrogens with zero attached hydrogens (tertiary/aromatic N) is 2. The molecule has 1 aromatic rings. The number of rotatable bonds is 4. The first kappa shape index (κ1) is 11.7. The van der Waals surface area contributed by atoms with E-state index in [1.165, 1.54) is 0 Å². The summed E-state index contributed by atoms with van der Waals surface area (Å²) in [5, 5.41) is 3.01. The van der Waals surface area contributed by atoms with E-state index >= 15 is 0 Å². The number of pyridine rings is 1. The van der Waals surface area contributed by atoms with Gasteiger partial charge in [-0.05, 0) is 26.1 Å². The summed E-state index contributed by atoms with van der Waals surface area (Å²) < 4.78 is 0. The predicted molar refractivity (Wildman–Crippen MR) is 59.6 cm³/mol. The Morgan fingerprint density at radius 1 is 1.53 bits per heavy atom. The summed E-state index contributed by atoms with van der Waals surface area (Å²) in [6.07, 6.45) is 0. The number of carbonyl (C=O) groups is 1. The van der Waals surface area contributed by atoms with Crippen molar-refractivity contribution in [3.63, 3.8) is 0 Å². The van der Waals surface area contributed by atoms with Crippen molar-refractivity contribution in [3.05, 3.63) is 29.6 Å². The van der Waals surface area contributed by atoms with Gasteiger partial charge in [0.25, 0.3) is 5.91 Å². The molecule has 1 N–H and O–H groups in total. The molecule has 1 rings (SSSR count). The van der Waals surface area contributed by atoms with E-state index in [1.807, 2.05) is 26.1 Å². The van der Waals surface area contributed by atoms with Crippen LogP contribution in [-0.4, -0.2) is 36.4 Å². The molecule has 15 heavy (non-hydrogen) atoms. The summed E-state index contributed by atoms with van der Waals surface area (Å²) in [5.74, 6) is -0.0320. The van der Waals surface area contributed by atoms with E-state index in [1.54, 1.807) is 18.0 Å². The van der Waals surface area contributed by atoms with Crippen LogP contribution in [-0.2, 0) is 6.54 Å². The van der Waals surface area contributed by atoms with Crippen LogP contribution in [0.4, 0.5) is 0 Å². The van der Waals surface area contributed by atoms with E-state index < -0.39 is 0 Å². The van der Waals surface area contributed by atoms with Crippen molar-refractivity contribution in [2.75, 3.05) is 20.6 Å². The van der Waals surface area contributed by atoms with E-state index in [0.717, 1.165) is 5.69 Å². The summed E-state index contributed by atoms with van der Waals surface area (Å²) in [6.45, 7) is 3.31. The molecule has 1 aromatic heterocycles. The van der Waals surface area contributed by atoms with Gasteiger partial charge in [0.1, 0.15) is 5.69 Å². The predicted octanol–water partition coefficient (Wildman–Crippen LogP) is 0.893. The lowest BCUT2D eigenvalue weighted by atomic mass is 10.2. The molecule has 0 radical (unpaired) electrons. The van der Waals surface area contributed by atoms with Gasteiger partial charge in [0.2, 0.25) is 0 Å². The lowest BCUT2D eigenvalue weighted by Gasteiger charge is -2.14. The van der Waals surface area contributed by atoms with E-state index in [4.69, 9.17) is 0 Å². The molecule has 0 atom stereocenters. The maximum atomic E-state index is 11.8. The number of hydrogen-bond donors (Lipinski definition) is 1. The molecule has 0 saturated carbocycles. The largest absolute Gasteiger partial charge is 0.341 e. The van der Waals surface area contributed by atoms with Crippen LogP contribution in [0.1, 0.15) is 23.1 Å². The van der Waals surface area contributed by atoms with Gasteiger partial charge in [0, 0.05) is 20.1 Å². The minimum atomic E-state index is -0.0320. The number of amides is 1. The fraction of sp³-hybridized carbons (Fsp3) is 0.455. The summed E-state index contributed by atoms with van der Waals surface area (Å²) in [5.41, 5.74) is 1.39. The second-order valence-electron chi connectivity index (χ2n) is 3.36. The molecular formula is C11H17N3O. The van der Waals surface area contributed by atoms with Crippen molar-refractivity contribution in [2.24, 2.45) is 0 Å². The second kappa shape index (κ2) is 5.46. The van der Waals surface area contributed by atoms with E-state index in [0.29, 0.717) is 18.8 Å². The second-order valence-corrected chi connectivity index (χ2v) is 3.36. The van der Waals surface area contributed by atoms with Crippen molar-refractivity contribution < 1.29 is 4.79 Å². The fourth-order valence-electron chi connectivity index (χ4n) is 1.22. The Morgan fingerprint density at radius 2 is 2.27 bits per heavy atom. The van der Waals surface area contributed by atoms with Crippen molar-refractivity contribution >= 4 is 5.91 Å². The van der Waals surface area contributed by atoms with Crippen molar-refractivity contribution in [3.8, 4) is 0 Å². The average Bonchev–Trinajstić information content (AvgIpc) is 2.28. The first-order valence-electron chi connectivity index (χ1n) is 5.05. The van der Waals surface area contributed by atoms with Crippen LogP contribution in [0.2, 0.25) is 0 Å². The molecule has 0 aromatic carbocycles. The van der Waals surface area contributed by atoms with Gasteiger partial charge < -0.3 is 10.2 Å². The third kappa shape index (κ3) is 3.02. The van der Waals surface area contributed by atoms with Crippen LogP contribution in [0.25, 0.3) is 0 Å². The molecule has 0 saturated heterocycles. The topological polar surface area (TPSA) is 45.2 Å². The number of hydrogen-bond acceptors (Lipinski definition) is 3. The minimum absolute atomic E-state index is 0.0320. The number of aromatic nitrogens is 1. The zero-order valence-electron chi connectivity index (χ0n) is 9.45. The molecule has 1 heterocycles. The van der Waals surface area contributed by atoms with Crippen LogP contribution < -0.4 is 5.32 Å². The van der Waals surface area contributed by atoms with Crippen molar-refractivity contribution in [2.45, 2.75) is 13.5 Å². The summed E-state index contributed by atoms with van der Waals surface area (Å²) in [4.78, 5) is 17.7. The zero-order valence-corrected chi connectivity index (χ0v) is 9.45. The first-order chi connectivity index (χ1) is 7.19. The Kier molecular flexibility index (Phi) is 4.24. The van der Waals surface area contributed by atoms with E-state index in [9.17, 15) is 4.79 Å². The van der Waals surface area contributed by atoms with Crippen molar-refractivity contribution in [1.82, 2.24) is 15.2 Å². The third-order valence-electron chi connectivity index (χ3n) is 2.20. The van der Waals surface area contributed by atoms with Gasteiger partial charge in [-0.2, -0.15) is 0 Å². The SMILES string of the molecule is CCN(C)C(=O)c1cccc(CNC)n1. The van der Waals surface area contributed by atoms with E-state index in [-0.39, 0.29) is 5.91 Å². The van der Waals surface area contributed by atoms with Crippen LogP contribution >= 0.6 is 0 Å². The zero-order chi connectivity index (χ0) is 11.3. The Balaban J connectivity index is 2.85. The molecule has 4 nitrogen and oxygen atoms in total. The smallest absolute Gasteiger partial charge is 0.272 e. The van der Waals surface area contributed by atoms with Gasteiger partial charge in [-0.25, -0.2) is 4.98 Å². The average molecular weight is 207 g/mol. The Labute approximate surface area is 90.3 Å². The molecule has 0 fully saturated rings. The number of carbonyl (C=O) groups excluding carboxylic acids is 1. The lowest BCUT2D eigenvalue weighted by molar-refractivity contribution is 0.0796. The molecule has 82 valence electrons. The highest BCUT2D eigenvalue weighted by Gasteiger charge is 2.11. The minimum Gasteiger partial charge on any atom is -0.341 e. The fourth-order valence-corrected chi connectivity index (χ4v) is 1.22. The molecule has 4 heteroatoms. The highest BCUT2D eigenvalue weighted by atomic mass is 16.2. The highest BCUT2D eigenvalue weighted by molar-refractivity contribution is 5.92. The Hall–Kier alpha value is -1.42. The van der Waals surface area contributed by atoms with E-state index in [2.05, 4.69) is 10.3 Å². The third-order valence-corrected chi connectivity index (χ3v) is 2.20. The molecule has 0 aliphatic carbocycles. The van der Waals surface area contributed by atoms with Crippen LogP contribution in [0.15, 0.2) is 18.2 Å². The molecular weight excluding hydrogens is 190 g/mol. The van der Waals surface area contributed by atoms with Gasteiger partial charge >= 0.3 is 0 Å².